The third kappa shape index (κ3) is 2.12. The molecule has 2 heterocycles. The number of halogens is 1. The van der Waals surface area contributed by atoms with Crippen LogP contribution in [0, 0.1) is 23.0 Å². The number of benzene rings is 1. The quantitative estimate of drug-likeness (QED) is 0.670. The van der Waals surface area contributed by atoms with Gasteiger partial charge in [-0.1, -0.05) is 0 Å². The third-order valence-electron chi connectivity index (χ3n) is 4.22. The second-order valence-corrected chi connectivity index (χ2v) is 6.17. The van der Waals surface area contributed by atoms with Crippen LogP contribution in [0.5, 0.6) is 0 Å². The standard InChI is InChI=1S/C13H16BrN3O2/c1-8-4-12(10(14)5-11(8)17(18)19)16-3-2-9-6-15-7-13(9)16/h4-5,9,13,15H,2-3,6-7H2,1H3/t9-,13+/m0/s1. The van der Waals surface area contributed by atoms with Gasteiger partial charge in [-0.3, -0.25) is 10.1 Å². The fourth-order valence-electron chi connectivity index (χ4n) is 3.22. The summed E-state index contributed by atoms with van der Waals surface area (Å²) in [5.74, 6) is 0.711. The van der Waals surface area contributed by atoms with Gasteiger partial charge in [-0.05, 0) is 41.3 Å². The first-order valence-electron chi connectivity index (χ1n) is 6.50. The minimum Gasteiger partial charge on any atom is -0.366 e. The van der Waals surface area contributed by atoms with Crippen molar-refractivity contribution in [1.82, 2.24) is 5.32 Å². The number of nitro groups is 1. The minimum absolute atomic E-state index is 0.177. The van der Waals surface area contributed by atoms with Gasteiger partial charge in [0.25, 0.3) is 5.69 Å². The van der Waals surface area contributed by atoms with E-state index in [0.29, 0.717) is 12.0 Å². The Morgan fingerprint density at radius 1 is 1.47 bits per heavy atom. The predicted octanol–water partition coefficient (Wildman–Crippen LogP) is 2.46. The highest BCUT2D eigenvalue weighted by molar-refractivity contribution is 9.10. The second kappa shape index (κ2) is 4.76. The van der Waals surface area contributed by atoms with Crippen LogP contribution in [-0.4, -0.2) is 30.6 Å². The smallest absolute Gasteiger partial charge is 0.273 e. The summed E-state index contributed by atoms with van der Waals surface area (Å²) in [6, 6.07) is 4.08. The van der Waals surface area contributed by atoms with Gasteiger partial charge in [0.2, 0.25) is 0 Å². The lowest BCUT2D eigenvalue weighted by Gasteiger charge is -2.27. The Hall–Kier alpha value is -1.14. The molecule has 0 radical (unpaired) electrons. The fourth-order valence-corrected chi connectivity index (χ4v) is 3.78. The number of rotatable bonds is 2. The minimum atomic E-state index is -0.326. The van der Waals surface area contributed by atoms with Crippen molar-refractivity contribution in [2.24, 2.45) is 5.92 Å². The SMILES string of the molecule is Cc1cc(N2CC[C@H]3CNC[C@H]32)c(Br)cc1[N+](=O)[O-]. The number of fused-ring (bicyclic) bond motifs is 1. The Balaban J connectivity index is 1.97. The lowest BCUT2D eigenvalue weighted by atomic mass is 10.0. The maximum Gasteiger partial charge on any atom is 0.273 e. The largest absolute Gasteiger partial charge is 0.366 e. The average molecular weight is 326 g/mol. The average Bonchev–Trinajstić information content (AvgIpc) is 2.93. The van der Waals surface area contributed by atoms with Crippen LogP contribution in [-0.2, 0) is 0 Å². The van der Waals surface area contributed by atoms with Crippen LogP contribution in [0.25, 0.3) is 0 Å². The maximum atomic E-state index is 11.0. The summed E-state index contributed by atoms with van der Waals surface area (Å²) in [5, 5.41) is 14.4. The number of nitrogens with one attached hydrogen (secondary N) is 1. The van der Waals surface area contributed by atoms with E-state index in [2.05, 4.69) is 26.1 Å². The van der Waals surface area contributed by atoms with Gasteiger partial charge in [-0.2, -0.15) is 0 Å². The Morgan fingerprint density at radius 2 is 2.26 bits per heavy atom. The Kier molecular flexibility index (Phi) is 3.22. The Labute approximate surface area is 120 Å². The van der Waals surface area contributed by atoms with E-state index in [1.54, 1.807) is 13.0 Å². The molecule has 2 saturated heterocycles. The molecular weight excluding hydrogens is 310 g/mol. The summed E-state index contributed by atoms with van der Waals surface area (Å²) in [7, 11) is 0. The molecule has 0 aromatic heterocycles. The lowest BCUT2D eigenvalue weighted by Crippen LogP contribution is -2.34. The molecule has 0 unspecified atom stereocenters. The van der Waals surface area contributed by atoms with E-state index in [4.69, 9.17) is 0 Å². The zero-order chi connectivity index (χ0) is 13.6. The molecule has 5 nitrogen and oxygen atoms in total. The van der Waals surface area contributed by atoms with E-state index >= 15 is 0 Å². The first kappa shape index (κ1) is 12.9. The highest BCUT2D eigenvalue weighted by Crippen LogP contribution is 2.39. The van der Waals surface area contributed by atoms with E-state index in [1.807, 2.05) is 6.07 Å². The van der Waals surface area contributed by atoms with Crippen molar-refractivity contribution >= 4 is 27.3 Å². The van der Waals surface area contributed by atoms with Crippen LogP contribution in [0.3, 0.4) is 0 Å². The van der Waals surface area contributed by atoms with Crippen LogP contribution in [0.4, 0.5) is 11.4 Å². The molecule has 2 aliphatic rings. The molecule has 0 saturated carbocycles. The lowest BCUT2D eigenvalue weighted by molar-refractivity contribution is -0.385. The molecule has 0 bridgehead atoms. The molecule has 0 spiro atoms. The summed E-state index contributed by atoms with van der Waals surface area (Å²) in [6.45, 7) is 4.93. The maximum absolute atomic E-state index is 11.0. The van der Waals surface area contributed by atoms with Gasteiger partial charge in [-0.25, -0.2) is 0 Å². The first-order chi connectivity index (χ1) is 9.08. The van der Waals surface area contributed by atoms with Gasteiger partial charge in [0, 0.05) is 41.8 Å². The normalized spacial score (nSPS) is 25.7. The summed E-state index contributed by atoms with van der Waals surface area (Å²) < 4.78 is 0.817. The van der Waals surface area contributed by atoms with Crippen LogP contribution in [0.15, 0.2) is 16.6 Å². The van der Waals surface area contributed by atoms with Crippen LogP contribution < -0.4 is 10.2 Å². The van der Waals surface area contributed by atoms with E-state index in [0.717, 1.165) is 35.4 Å². The van der Waals surface area contributed by atoms with Gasteiger partial charge in [0.1, 0.15) is 0 Å². The second-order valence-electron chi connectivity index (χ2n) is 5.31. The zero-order valence-electron chi connectivity index (χ0n) is 10.7. The van der Waals surface area contributed by atoms with Crippen LogP contribution >= 0.6 is 15.9 Å². The molecule has 102 valence electrons. The Morgan fingerprint density at radius 3 is 3.00 bits per heavy atom. The first-order valence-corrected chi connectivity index (χ1v) is 7.29. The third-order valence-corrected chi connectivity index (χ3v) is 4.85. The molecule has 3 rings (SSSR count). The van der Waals surface area contributed by atoms with E-state index in [1.165, 1.54) is 6.42 Å². The Bertz CT molecular complexity index is 535. The molecule has 1 aromatic carbocycles. The highest BCUT2D eigenvalue weighted by Gasteiger charge is 2.38. The van der Waals surface area contributed by atoms with Gasteiger partial charge >= 0.3 is 0 Å². The molecule has 1 aromatic rings. The number of nitrogens with zero attached hydrogens (tertiary/aromatic N) is 2. The van der Waals surface area contributed by atoms with Crippen molar-refractivity contribution < 1.29 is 4.92 Å². The van der Waals surface area contributed by atoms with E-state index < -0.39 is 0 Å². The molecule has 2 atom stereocenters. The molecule has 2 fully saturated rings. The van der Waals surface area contributed by atoms with Gasteiger partial charge in [0.05, 0.1) is 10.6 Å². The number of anilines is 1. The van der Waals surface area contributed by atoms with E-state index in [-0.39, 0.29) is 10.6 Å². The fraction of sp³-hybridized carbons (Fsp3) is 0.538. The van der Waals surface area contributed by atoms with Crippen molar-refractivity contribution in [3.63, 3.8) is 0 Å². The predicted molar refractivity (Wildman–Crippen MR) is 77.6 cm³/mol. The van der Waals surface area contributed by atoms with Gasteiger partial charge in [-0.15, -0.1) is 0 Å². The number of nitro benzene ring substituents is 1. The van der Waals surface area contributed by atoms with Crippen LogP contribution in [0.1, 0.15) is 12.0 Å². The molecule has 6 heteroatoms. The van der Waals surface area contributed by atoms with Crippen molar-refractivity contribution in [1.29, 1.82) is 0 Å². The van der Waals surface area contributed by atoms with Crippen molar-refractivity contribution in [2.45, 2.75) is 19.4 Å². The molecule has 19 heavy (non-hydrogen) atoms. The summed E-state index contributed by atoms with van der Waals surface area (Å²) in [6.07, 6.45) is 1.19. The van der Waals surface area contributed by atoms with Gasteiger partial charge < -0.3 is 10.2 Å². The molecule has 1 N–H and O–H groups in total. The molecule has 2 aliphatic heterocycles. The number of hydrogen-bond donors (Lipinski definition) is 1. The highest BCUT2D eigenvalue weighted by atomic mass is 79.9. The molecular formula is C13H16BrN3O2. The van der Waals surface area contributed by atoms with Crippen molar-refractivity contribution in [3.05, 3.63) is 32.3 Å². The van der Waals surface area contributed by atoms with Crippen molar-refractivity contribution in [2.75, 3.05) is 24.5 Å². The van der Waals surface area contributed by atoms with Gasteiger partial charge in [0.15, 0.2) is 0 Å². The zero-order valence-corrected chi connectivity index (χ0v) is 12.3. The summed E-state index contributed by atoms with van der Waals surface area (Å²) >= 11 is 3.49. The summed E-state index contributed by atoms with van der Waals surface area (Å²) in [4.78, 5) is 13.0. The molecule has 0 amide bonds. The monoisotopic (exact) mass is 325 g/mol. The topological polar surface area (TPSA) is 58.4 Å². The molecule has 0 aliphatic carbocycles. The number of aryl methyl sites for hydroxylation is 1. The summed E-state index contributed by atoms with van der Waals surface area (Å²) in [5.41, 5.74) is 1.98. The van der Waals surface area contributed by atoms with E-state index in [9.17, 15) is 10.1 Å². The van der Waals surface area contributed by atoms with Crippen molar-refractivity contribution in [3.8, 4) is 0 Å². The van der Waals surface area contributed by atoms with Crippen LogP contribution in [0.2, 0.25) is 0 Å². The number of hydrogen-bond acceptors (Lipinski definition) is 4.